The first kappa shape index (κ1) is 21.0. The topological polar surface area (TPSA) is 87.5 Å². The minimum atomic E-state index is -0.374. The van der Waals surface area contributed by atoms with E-state index in [2.05, 4.69) is 5.10 Å². The Hall–Kier alpha value is -3.88. The van der Waals surface area contributed by atoms with E-state index in [-0.39, 0.29) is 30.1 Å². The predicted octanol–water partition coefficient (Wildman–Crippen LogP) is 1.68. The average Bonchev–Trinajstić information content (AvgIpc) is 3.47. The van der Waals surface area contributed by atoms with E-state index in [0.29, 0.717) is 38.3 Å². The molecule has 0 aliphatic carbocycles. The van der Waals surface area contributed by atoms with Gasteiger partial charge in [0.1, 0.15) is 5.75 Å². The highest BCUT2D eigenvalue weighted by atomic mass is 16.5. The summed E-state index contributed by atoms with van der Waals surface area (Å²) in [6, 6.07) is 12.9. The van der Waals surface area contributed by atoms with Gasteiger partial charge in [-0.3, -0.25) is 14.4 Å². The Morgan fingerprint density at radius 3 is 2.45 bits per heavy atom. The minimum Gasteiger partial charge on any atom is -0.497 e. The van der Waals surface area contributed by atoms with E-state index in [1.54, 1.807) is 50.9 Å². The lowest BCUT2D eigenvalue weighted by Crippen LogP contribution is -2.52. The summed E-state index contributed by atoms with van der Waals surface area (Å²) in [5.74, 6) is 0.184. The number of hydrogen-bond donors (Lipinski definition) is 0. The van der Waals surface area contributed by atoms with E-state index < -0.39 is 0 Å². The average molecular weight is 447 g/mol. The standard InChI is InChI=1S/C24H25N5O4/c1-33-19-7-5-18(6-8-19)28-16-17(14-22(28)30)23(31)26-10-12-27(13-11-26)24(32)20-15-25-29-9-3-2-4-21(20)29/h2-9,15,17H,10-14,16H2,1H3. The molecule has 1 atom stereocenters. The zero-order valence-electron chi connectivity index (χ0n) is 18.4. The Kier molecular flexibility index (Phi) is 5.45. The third-order valence-corrected chi connectivity index (χ3v) is 6.39. The van der Waals surface area contributed by atoms with Crippen molar-refractivity contribution in [3.8, 4) is 5.75 Å². The monoisotopic (exact) mass is 447 g/mol. The maximum atomic E-state index is 13.1. The molecule has 0 saturated carbocycles. The highest BCUT2D eigenvalue weighted by Crippen LogP contribution is 2.28. The largest absolute Gasteiger partial charge is 0.497 e. The van der Waals surface area contributed by atoms with Gasteiger partial charge in [-0.2, -0.15) is 5.10 Å². The van der Waals surface area contributed by atoms with Gasteiger partial charge < -0.3 is 19.4 Å². The number of benzene rings is 1. The fraction of sp³-hybridized carbons (Fsp3) is 0.333. The molecule has 2 aliphatic heterocycles. The first-order valence-corrected chi connectivity index (χ1v) is 11.0. The quantitative estimate of drug-likeness (QED) is 0.607. The van der Waals surface area contributed by atoms with Crippen molar-refractivity contribution < 1.29 is 19.1 Å². The van der Waals surface area contributed by atoms with Crippen molar-refractivity contribution >= 4 is 28.9 Å². The van der Waals surface area contributed by atoms with Gasteiger partial charge in [0.25, 0.3) is 5.91 Å². The second kappa shape index (κ2) is 8.57. The van der Waals surface area contributed by atoms with Gasteiger partial charge >= 0.3 is 0 Å². The van der Waals surface area contributed by atoms with Crippen molar-refractivity contribution in [2.45, 2.75) is 6.42 Å². The highest BCUT2D eigenvalue weighted by Gasteiger charge is 2.38. The van der Waals surface area contributed by atoms with E-state index in [1.165, 1.54) is 0 Å². The number of fused-ring (bicyclic) bond motifs is 1. The Labute approximate surface area is 191 Å². The molecule has 9 heteroatoms. The van der Waals surface area contributed by atoms with Crippen LogP contribution in [0.15, 0.2) is 54.9 Å². The lowest BCUT2D eigenvalue weighted by molar-refractivity contribution is -0.137. The van der Waals surface area contributed by atoms with Crippen LogP contribution in [0.5, 0.6) is 5.75 Å². The molecule has 1 unspecified atom stereocenters. The predicted molar refractivity (Wildman–Crippen MR) is 121 cm³/mol. The van der Waals surface area contributed by atoms with Crippen LogP contribution in [-0.4, -0.2) is 77.0 Å². The van der Waals surface area contributed by atoms with Crippen molar-refractivity contribution in [1.82, 2.24) is 19.4 Å². The zero-order valence-corrected chi connectivity index (χ0v) is 18.4. The molecule has 2 saturated heterocycles. The van der Waals surface area contributed by atoms with Gasteiger partial charge in [0.2, 0.25) is 11.8 Å². The van der Waals surface area contributed by atoms with Crippen LogP contribution in [0.3, 0.4) is 0 Å². The molecule has 2 aromatic heterocycles. The molecule has 0 N–H and O–H groups in total. The van der Waals surface area contributed by atoms with Crippen LogP contribution in [0.1, 0.15) is 16.8 Å². The number of ether oxygens (including phenoxy) is 1. The second-order valence-corrected chi connectivity index (χ2v) is 8.31. The third-order valence-electron chi connectivity index (χ3n) is 6.39. The van der Waals surface area contributed by atoms with Crippen molar-refractivity contribution in [2.75, 3.05) is 44.7 Å². The molecule has 9 nitrogen and oxygen atoms in total. The zero-order chi connectivity index (χ0) is 22.9. The maximum absolute atomic E-state index is 13.1. The fourth-order valence-electron chi connectivity index (χ4n) is 4.54. The number of amides is 3. The van der Waals surface area contributed by atoms with Gasteiger partial charge in [0, 0.05) is 51.0 Å². The fourth-order valence-corrected chi connectivity index (χ4v) is 4.54. The molecule has 1 aromatic carbocycles. The molecule has 0 bridgehead atoms. The van der Waals surface area contributed by atoms with Crippen LogP contribution >= 0.6 is 0 Å². The summed E-state index contributed by atoms with van der Waals surface area (Å²) in [6.45, 7) is 2.19. The van der Waals surface area contributed by atoms with Crippen LogP contribution in [0.2, 0.25) is 0 Å². The number of nitrogens with zero attached hydrogens (tertiary/aromatic N) is 5. The SMILES string of the molecule is COc1ccc(N2CC(C(=O)N3CCN(C(=O)c4cnn5ccccc45)CC3)CC2=O)cc1. The third kappa shape index (κ3) is 3.90. The number of hydrogen-bond acceptors (Lipinski definition) is 5. The van der Waals surface area contributed by atoms with Crippen LogP contribution in [-0.2, 0) is 9.59 Å². The van der Waals surface area contributed by atoms with Gasteiger partial charge in [-0.15, -0.1) is 0 Å². The van der Waals surface area contributed by atoms with E-state index in [9.17, 15) is 14.4 Å². The number of methoxy groups -OCH3 is 1. The smallest absolute Gasteiger partial charge is 0.257 e. The van der Waals surface area contributed by atoms with E-state index in [0.717, 1.165) is 17.0 Å². The number of anilines is 1. The number of piperazine rings is 1. The summed E-state index contributed by atoms with van der Waals surface area (Å²) >= 11 is 0. The van der Waals surface area contributed by atoms with E-state index >= 15 is 0 Å². The Balaban J connectivity index is 1.20. The number of carbonyl (C=O) groups excluding carboxylic acids is 3. The highest BCUT2D eigenvalue weighted by molar-refractivity contribution is 6.01. The van der Waals surface area contributed by atoms with Gasteiger partial charge in [-0.1, -0.05) is 6.07 Å². The molecule has 33 heavy (non-hydrogen) atoms. The van der Waals surface area contributed by atoms with E-state index in [1.807, 2.05) is 30.3 Å². The van der Waals surface area contributed by atoms with E-state index in [4.69, 9.17) is 4.74 Å². The molecule has 5 rings (SSSR count). The molecular weight excluding hydrogens is 422 g/mol. The summed E-state index contributed by atoms with van der Waals surface area (Å²) in [6.07, 6.45) is 3.60. The summed E-state index contributed by atoms with van der Waals surface area (Å²) in [7, 11) is 1.59. The molecule has 0 radical (unpaired) electrons. The van der Waals surface area contributed by atoms with Crippen LogP contribution in [0.25, 0.3) is 5.52 Å². The van der Waals surface area contributed by atoms with Crippen molar-refractivity contribution in [3.05, 3.63) is 60.4 Å². The lowest BCUT2D eigenvalue weighted by atomic mass is 10.1. The van der Waals surface area contributed by atoms with Crippen molar-refractivity contribution in [2.24, 2.45) is 5.92 Å². The molecule has 2 fully saturated rings. The molecule has 2 aliphatic rings. The van der Waals surface area contributed by atoms with Crippen molar-refractivity contribution in [1.29, 1.82) is 0 Å². The van der Waals surface area contributed by atoms with Gasteiger partial charge in [-0.25, -0.2) is 4.52 Å². The molecule has 3 aromatic rings. The molecular formula is C24H25N5O4. The Morgan fingerprint density at radius 2 is 1.73 bits per heavy atom. The molecule has 4 heterocycles. The first-order valence-electron chi connectivity index (χ1n) is 11.0. The normalized spacial score (nSPS) is 18.8. The molecule has 170 valence electrons. The number of carbonyl (C=O) groups is 3. The Morgan fingerprint density at radius 1 is 1.00 bits per heavy atom. The van der Waals surface area contributed by atoms with Gasteiger partial charge in [-0.05, 0) is 36.4 Å². The number of aromatic nitrogens is 2. The van der Waals surface area contributed by atoms with Gasteiger partial charge in [0.15, 0.2) is 0 Å². The summed E-state index contributed by atoms with van der Waals surface area (Å²) in [5.41, 5.74) is 2.09. The minimum absolute atomic E-state index is 0.0255. The van der Waals surface area contributed by atoms with Crippen LogP contribution < -0.4 is 9.64 Å². The maximum Gasteiger partial charge on any atom is 0.257 e. The molecule has 3 amide bonds. The number of rotatable bonds is 4. The lowest BCUT2D eigenvalue weighted by Gasteiger charge is -2.35. The van der Waals surface area contributed by atoms with Crippen LogP contribution in [0.4, 0.5) is 5.69 Å². The first-order chi connectivity index (χ1) is 16.0. The number of pyridine rings is 1. The Bertz CT molecular complexity index is 1200. The summed E-state index contributed by atoms with van der Waals surface area (Å²) < 4.78 is 6.85. The summed E-state index contributed by atoms with van der Waals surface area (Å²) in [4.78, 5) is 43.9. The summed E-state index contributed by atoms with van der Waals surface area (Å²) in [5, 5.41) is 4.24. The van der Waals surface area contributed by atoms with Crippen molar-refractivity contribution in [3.63, 3.8) is 0 Å². The van der Waals surface area contributed by atoms with Gasteiger partial charge in [0.05, 0.1) is 30.3 Å². The van der Waals surface area contributed by atoms with Crippen LogP contribution in [0, 0.1) is 5.92 Å². The molecule has 0 spiro atoms. The second-order valence-electron chi connectivity index (χ2n) is 8.31.